The zero-order valence-electron chi connectivity index (χ0n) is 17.2. The summed E-state index contributed by atoms with van der Waals surface area (Å²) in [6, 6.07) is 14.7. The lowest BCUT2D eigenvalue weighted by Crippen LogP contribution is -2.43. The van der Waals surface area contributed by atoms with Crippen LogP contribution in [0.5, 0.6) is 0 Å². The van der Waals surface area contributed by atoms with E-state index in [9.17, 15) is 9.90 Å². The van der Waals surface area contributed by atoms with E-state index in [1.807, 2.05) is 31.3 Å². The predicted octanol–water partition coefficient (Wildman–Crippen LogP) is 2.72. The van der Waals surface area contributed by atoms with E-state index >= 15 is 0 Å². The van der Waals surface area contributed by atoms with Crippen LogP contribution >= 0.6 is 11.8 Å². The van der Waals surface area contributed by atoms with Crippen molar-refractivity contribution in [2.75, 3.05) is 17.2 Å². The van der Waals surface area contributed by atoms with E-state index < -0.39 is 12.1 Å². The van der Waals surface area contributed by atoms with Crippen molar-refractivity contribution in [2.24, 2.45) is 4.99 Å². The summed E-state index contributed by atoms with van der Waals surface area (Å²) in [4.78, 5) is 24.5. The first kappa shape index (κ1) is 21.1. The number of pyridine rings is 1. The quantitative estimate of drug-likeness (QED) is 0.752. The van der Waals surface area contributed by atoms with Crippen LogP contribution in [0.2, 0.25) is 0 Å². The van der Waals surface area contributed by atoms with Crippen molar-refractivity contribution in [2.45, 2.75) is 32.0 Å². The maximum Gasteiger partial charge on any atom is 0.243 e. The molecule has 2 atom stereocenters. The molecule has 4 rings (SSSR count). The number of carbonyl (C=O) groups excluding carboxylic acids is 1. The Labute approximate surface area is 185 Å². The normalized spacial score (nSPS) is 20.6. The number of hydrogen-bond acceptors (Lipinski definition) is 7. The van der Waals surface area contributed by atoms with E-state index in [0.717, 1.165) is 22.6 Å². The number of aliphatic imine (C=N–C) groups is 1. The number of anilines is 1. The zero-order valence-corrected chi connectivity index (χ0v) is 18.0. The first-order valence-electron chi connectivity index (χ1n) is 10.1. The minimum atomic E-state index is -0.616. The molecule has 2 aliphatic heterocycles. The Morgan fingerprint density at radius 3 is 2.87 bits per heavy atom. The van der Waals surface area contributed by atoms with Gasteiger partial charge in [-0.05, 0) is 30.2 Å². The molecule has 1 aromatic heterocycles. The van der Waals surface area contributed by atoms with Gasteiger partial charge in [-0.3, -0.25) is 9.79 Å². The summed E-state index contributed by atoms with van der Waals surface area (Å²) in [5.74, 6) is 1.23. The standard InChI is InChI=1S/C23H23N5O2S/c1-15-22(31-10-9-25-15)17-7-5-16(6-8-17)13-26-23(30)20-11-19(29)14-28(20)21-4-2-3-18(12-24)27-21/h2-9,19-20,29H,10-11,13-14H2,1H3,(H,26,30)/t19-,20+/m1/s1. The van der Waals surface area contributed by atoms with Crippen molar-refractivity contribution >= 4 is 34.6 Å². The summed E-state index contributed by atoms with van der Waals surface area (Å²) in [5.41, 5.74) is 3.42. The molecular weight excluding hydrogens is 410 g/mol. The van der Waals surface area contributed by atoms with Crippen LogP contribution in [-0.4, -0.2) is 46.7 Å². The number of aliphatic hydroxyl groups excluding tert-OH is 1. The first-order valence-corrected chi connectivity index (χ1v) is 11.1. The molecule has 0 aliphatic carbocycles. The molecule has 0 bridgehead atoms. The average molecular weight is 434 g/mol. The number of amides is 1. The Bertz CT molecular complexity index is 1070. The molecule has 1 saturated heterocycles. The van der Waals surface area contributed by atoms with Gasteiger partial charge in [-0.1, -0.05) is 30.3 Å². The van der Waals surface area contributed by atoms with Gasteiger partial charge in [-0.25, -0.2) is 4.98 Å². The molecule has 0 radical (unpaired) electrons. The molecule has 3 heterocycles. The summed E-state index contributed by atoms with van der Waals surface area (Å²) >= 11 is 1.77. The van der Waals surface area contributed by atoms with Crippen LogP contribution in [0, 0.1) is 11.3 Å². The number of carbonyl (C=O) groups is 1. The third-order valence-electron chi connectivity index (χ3n) is 5.32. The Morgan fingerprint density at radius 2 is 2.13 bits per heavy atom. The first-order chi connectivity index (χ1) is 15.0. The Morgan fingerprint density at radius 1 is 1.32 bits per heavy atom. The fraction of sp³-hybridized carbons (Fsp3) is 0.304. The van der Waals surface area contributed by atoms with Gasteiger partial charge in [0.2, 0.25) is 5.91 Å². The molecule has 2 aliphatic rings. The van der Waals surface area contributed by atoms with Crippen molar-refractivity contribution in [3.63, 3.8) is 0 Å². The molecule has 158 valence electrons. The van der Waals surface area contributed by atoms with E-state index in [1.165, 1.54) is 4.91 Å². The maximum atomic E-state index is 12.9. The fourth-order valence-corrected chi connectivity index (χ4v) is 4.67. The van der Waals surface area contributed by atoms with E-state index in [1.54, 1.807) is 34.9 Å². The lowest BCUT2D eigenvalue weighted by Gasteiger charge is -2.24. The van der Waals surface area contributed by atoms with Crippen LogP contribution in [0.3, 0.4) is 0 Å². The molecular formula is C23H23N5O2S. The molecule has 2 N–H and O–H groups in total. The second-order valence-electron chi connectivity index (χ2n) is 7.50. The third kappa shape index (κ3) is 4.79. The van der Waals surface area contributed by atoms with Crippen molar-refractivity contribution in [3.05, 3.63) is 65.0 Å². The summed E-state index contributed by atoms with van der Waals surface area (Å²) < 4.78 is 0. The van der Waals surface area contributed by atoms with E-state index in [0.29, 0.717) is 25.3 Å². The summed E-state index contributed by atoms with van der Waals surface area (Å²) in [7, 11) is 0. The number of nitriles is 1. The number of aliphatic hydroxyl groups is 1. The van der Waals surface area contributed by atoms with Gasteiger partial charge in [0.05, 0.1) is 11.8 Å². The molecule has 31 heavy (non-hydrogen) atoms. The number of nitrogens with one attached hydrogen (secondary N) is 1. The molecule has 7 nitrogen and oxygen atoms in total. The Balaban J connectivity index is 1.42. The van der Waals surface area contributed by atoms with Crippen LogP contribution in [0.1, 0.15) is 30.2 Å². The number of thioether (sulfide) groups is 1. The average Bonchev–Trinajstić information content (AvgIpc) is 3.20. The maximum absolute atomic E-state index is 12.9. The van der Waals surface area contributed by atoms with Crippen LogP contribution < -0.4 is 10.2 Å². The number of nitrogens with zero attached hydrogens (tertiary/aromatic N) is 4. The van der Waals surface area contributed by atoms with Crippen LogP contribution in [-0.2, 0) is 11.3 Å². The summed E-state index contributed by atoms with van der Waals surface area (Å²) in [5, 5.41) is 22.2. The minimum absolute atomic E-state index is 0.166. The van der Waals surface area contributed by atoms with Gasteiger partial charge in [-0.2, -0.15) is 5.26 Å². The van der Waals surface area contributed by atoms with Gasteiger partial charge in [0, 0.05) is 36.4 Å². The zero-order chi connectivity index (χ0) is 21.8. The van der Waals surface area contributed by atoms with E-state index in [4.69, 9.17) is 5.26 Å². The van der Waals surface area contributed by atoms with Crippen LogP contribution in [0.15, 0.2) is 53.2 Å². The third-order valence-corrected chi connectivity index (χ3v) is 6.46. The van der Waals surface area contributed by atoms with Crippen LogP contribution in [0.25, 0.3) is 4.91 Å². The molecule has 2 aromatic rings. The molecule has 1 amide bonds. The van der Waals surface area contributed by atoms with E-state index in [2.05, 4.69) is 27.4 Å². The van der Waals surface area contributed by atoms with Crippen molar-refractivity contribution < 1.29 is 9.90 Å². The summed E-state index contributed by atoms with van der Waals surface area (Å²) in [6.07, 6.45) is 1.63. The molecule has 0 saturated carbocycles. The minimum Gasteiger partial charge on any atom is -0.391 e. The second-order valence-corrected chi connectivity index (χ2v) is 8.53. The number of aromatic nitrogens is 1. The lowest BCUT2D eigenvalue weighted by molar-refractivity contribution is -0.122. The number of rotatable bonds is 5. The van der Waals surface area contributed by atoms with Gasteiger partial charge in [0.25, 0.3) is 0 Å². The highest BCUT2D eigenvalue weighted by Crippen LogP contribution is 2.33. The number of benzene rings is 1. The second kappa shape index (κ2) is 9.33. The topological polar surface area (TPSA) is 102 Å². The fourth-order valence-electron chi connectivity index (χ4n) is 3.79. The molecule has 1 fully saturated rings. The molecule has 1 aromatic carbocycles. The molecule has 0 spiro atoms. The smallest absolute Gasteiger partial charge is 0.243 e. The number of allylic oxidation sites excluding steroid dienone is 1. The van der Waals surface area contributed by atoms with Gasteiger partial charge in [0.1, 0.15) is 23.6 Å². The highest BCUT2D eigenvalue weighted by Gasteiger charge is 2.36. The van der Waals surface area contributed by atoms with Crippen molar-refractivity contribution in [3.8, 4) is 6.07 Å². The van der Waals surface area contributed by atoms with Gasteiger partial charge in [-0.15, -0.1) is 11.8 Å². The molecule has 8 heteroatoms. The van der Waals surface area contributed by atoms with Crippen LogP contribution in [0.4, 0.5) is 5.82 Å². The highest BCUT2D eigenvalue weighted by atomic mass is 32.2. The molecule has 0 unspecified atom stereocenters. The monoisotopic (exact) mass is 433 g/mol. The lowest BCUT2D eigenvalue weighted by atomic mass is 10.1. The van der Waals surface area contributed by atoms with Gasteiger partial charge >= 0.3 is 0 Å². The Hall–Kier alpha value is -3.15. The summed E-state index contributed by atoms with van der Waals surface area (Å²) in [6.45, 7) is 2.72. The largest absolute Gasteiger partial charge is 0.391 e. The predicted molar refractivity (Wildman–Crippen MR) is 123 cm³/mol. The highest BCUT2D eigenvalue weighted by molar-refractivity contribution is 8.08. The number of β-amino-alcohol motifs (C(OH)–C–C–N with tert-alkyl or cyclic N) is 1. The Kier molecular flexibility index (Phi) is 6.35. The number of hydrogen-bond donors (Lipinski definition) is 2. The SMILES string of the molecule is CC1=C(c2ccc(CNC(=O)[C@@H]3C[C@@H](O)CN3c3cccc(C#N)n3)cc2)SCC=N1. The van der Waals surface area contributed by atoms with Crippen molar-refractivity contribution in [1.82, 2.24) is 10.3 Å². The van der Waals surface area contributed by atoms with E-state index in [-0.39, 0.29) is 11.6 Å². The van der Waals surface area contributed by atoms with Gasteiger partial charge < -0.3 is 15.3 Å². The van der Waals surface area contributed by atoms with Gasteiger partial charge in [0.15, 0.2) is 0 Å². The van der Waals surface area contributed by atoms with Crippen molar-refractivity contribution in [1.29, 1.82) is 5.26 Å².